The molecule has 26 heavy (non-hydrogen) atoms. The Morgan fingerprint density at radius 1 is 1.12 bits per heavy atom. The van der Waals surface area contributed by atoms with E-state index in [0.29, 0.717) is 25.2 Å². The predicted molar refractivity (Wildman–Crippen MR) is 100 cm³/mol. The third-order valence-electron chi connectivity index (χ3n) is 4.80. The molecule has 0 bridgehead atoms. The molecule has 0 saturated carbocycles. The van der Waals surface area contributed by atoms with Gasteiger partial charge in [0, 0.05) is 25.2 Å². The van der Waals surface area contributed by atoms with E-state index in [1.165, 1.54) is 16.4 Å². The number of sulfonamides is 1. The molecule has 0 aromatic heterocycles. The zero-order chi connectivity index (χ0) is 18.9. The zero-order valence-corrected chi connectivity index (χ0v) is 15.7. The highest BCUT2D eigenvalue weighted by Crippen LogP contribution is 2.31. The lowest BCUT2D eigenvalue weighted by molar-refractivity contribution is 0.0999. The van der Waals surface area contributed by atoms with Crippen LogP contribution in [0, 0.1) is 6.92 Å². The van der Waals surface area contributed by atoms with Crippen molar-refractivity contribution in [2.24, 2.45) is 5.73 Å². The SMILES string of the molecule is Cc1ccc(S(=O)(=O)N2CCN(C)CC2c2ccccc2)cc1C(N)=O. The van der Waals surface area contributed by atoms with Gasteiger partial charge in [-0.3, -0.25) is 4.79 Å². The van der Waals surface area contributed by atoms with Gasteiger partial charge >= 0.3 is 0 Å². The van der Waals surface area contributed by atoms with Crippen molar-refractivity contribution >= 4 is 15.9 Å². The number of hydrogen-bond acceptors (Lipinski definition) is 4. The molecule has 0 aliphatic carbocycles. The third kappa shape index (κ3) is 3.51. The minimum absolute atomic E-state index is 0.0994. The van der Waals surface area contributed by atoms with Crippen LogP contribution in [0.1, 0.15) is 27.5 Å². The molecular weight excluding hydrogens is 350 g/mol. The topological polar surface area (TPSA) is 83.7 Å². The maximum absolute atomic E-state index is 13.3. The van der Waals surface area contributed by atoms with E-state index >= 15 is 0 Å². The number of piperazine rings is 1. The fraction of sp³-hybridized carbons (Fsp3) is 0.316. The van der Waals surface area contributed by atoms with Gasteiger partial charge in [0.1, 0.15) is 0 Å². The molecule has 6 nitrogen and oxygen atoms in total. The van der Waals surface area contributed by atoms with Crippen LogP contribution in [0.15, 0.2) is 53.4 Å². The van der Waals surface area contributed by atoms with E-state index in [-0.39, 0.29) is 16.5 Å². The number of hydrogen-bond donors (Lipinski definition) is 1. The number of nitrogens with zero attached hydrogens (tertiary/aromatic N) is 2. The molecule has 1 aliphatic heterocycles. The Kier molecular flexibility index (Phi) is 5.13. The Hall–Kier alpha value is -2.22. The summed E-state index contributed by atoms with van der Waals surface area (Å²) in [6.45, 7) is 3.38. The van der Waals surface area contributed by atoms with E-state index in [1.54, 1.807) is 13.0 Å². The fourth-order valence-electron chi connectivity index (χ4n) is 3.30. The number of primary amides is 1. The quantitative estimate of drug-likeness (QED) is 0.885. The van der Waals surface area contributed by atoms with Gasteiger partial charge in [-0.1, -0.05) is 36.4 Å². The Morgan fingerprint density at radius 3 is 2.46 bits per heavy atom. The molecule has 1 atom stereocenters. The van der Waals surface area contributed by atoms with Crippen LogP contribution in [-0.2, 0) is 10.0 Å². The van der Waals surface area contributed by atoms with Crippen LogP contribution in [0.5, 0.6) is 0 Å². The molecule has 2 aromatic rings. The summed E-state index contributed by atoms with van der Waals surface area (Å²) in [5, 5.41) is 0. The smallest absolute Gasteiger partial charge is 0.249 e. The van der Waals surface area contributed by atoms with E-state index in [4.69, 9.17) is 5.73 Å². The molecule has 1 fully saturated rings. The first-order valence-electron chi connectivity index (χ1n) is 8.46. The molecule has 0 spiro atoms. The summed E-state index contributed by atoms with van der Waals surface area (Å²) in [6.07, 6.45) is 0. The van der Waals surface area contributed by atoms with Gasteiger partial charge in [0.15, 0.2) is 0 Å². The maximum Gasteiger partial charge on any atom is 0.249 e. The first-order chi connectivity index (χ1) is 12.3. The van der Waals surface area contributed by atoms with Crippen LogP contribution in [0.2, 0.25) is 0 Å². The Morgan fingerprint density at radius 2 is 1.81 bits per heavy atom. The van der Waals surface area contributed by atoms with Crippen LogP contribution in [-0.4, -0.2) is 50.2 Å². The van der Waals surface area contributed by atoms with Crippen LogP contribution in [0.25, 0.3) is 0 Å². The van der Waals surface area contributed by atoms with Crippen molar-refractivity contribution in [3.8, 4) is 0 Å². The van der Waals surface area contributed by atoms with E-state index in [0.717, 1.165) is 5.56 Å². The molecule has 1 saturated heterocycles. The van der Waals surface area contributed by atoms with Gasteiger partial charge in [-0.25, -0.2) is 8.42 Å². The summed E-state index contributed by atoms with van der Waals surface area (Å²) < 4.78 is 28.2. The summed E-state index contributed by atoms with van der Waals surface area (Å²) in [5.41, 5.74) is 7.23. The molecule has 2 aromatic carbocycles. The minimum Gasteiger partial charge on any atom is -0.366 e. The molecule has 1 amide bonds. The lowest BCUT2D eigenvalue weighted by Gasteiger charge is -2.39. The van der Waals surface area contributed by atoms with Crippen LogP contribution >= 0.6 is 0 Å². The van der Waals surface area contributed by atoms with Crippen molar-refractivity contribution in [3.05, 3.63) is 65.2 Å². The number of aryl methyl sites for hydroxylation is 1. The van der Waals surface area contributed by atoms with Gasteiger partial charge in [0.2, 0.25) is 15.9 Å². The Bertz CT molecular complexity index is 913. The number of amides is 1. The Labute approximate surface area is 154 Å². The van der Waals surface area contributed by atoms with Crippen molar-refractivity contribution in [2.45, 2.75) is 17.9 Å². The van der Waals surface area contributed by atoms with E-state index in [1.807, 2.05) is 37.4 Å². The molecule has 7 heteroatoms. The van der Waals surface area contributed by atoms with E-state index < -0.39 is 15.9 Å². The standard InChI is InChI=1S/C19H23N3O3S/c1-14-8-9-16(12-17(14)19(20)23)26(24,25)22-11-10-21(2)13-18(22)15-6-4-3-5-7-15/h3-9,12,18H,10-11,13H2,1-2H3,(H2,20,23). The third-order valence-corrected chi connectivity index (χ3v) is 6.70. The van der Waals surface area contributed by atoms with Crippen molar-refractivity contribution in [2.75, 3.05) is 26.7 Å². The fourth-order valence-corrected chi connectivity index (χ4v) is 4.92. The van der Waals surface area contributed by atoms with Gasteiger partial charge < -0.3 is 10.6 Å². The molecule has 1 unspecified atom stereocenters. The highest BCUT2D eigenvalue weighted by Gasteiger charge is 2.36. The summed E-state index contributed by atoms with van der Waals surface area (Å²) in [6, 6.07) is 13.9. The normalized spacial score (nSPS) is 19.4. The predicted octanol–water partition coefficient (Wildman–Crippen LogP) is 1.77. The molecule has 138 valence electrons. The zero-order valence-electron chi connectivity index (χ0n) is 14.9. The molecule has 3 rings (SSSR count). The van der Waals surface area contributed by atoms with Crippen LogP contribution in [0.3, 0.4) is 0 Å². The maximum atomic E-state index is 13.3. The van der Waals surface area contributed by atoms with Crippen molar-refractivity contribution in [1.29, 1.82) is 0 Å². The first-order valence-corrected chi connectivity index (χ1v) is 9.90. The van der Waals surface area contributed by atoms with Gasteiger partial charge in [-0.2, -0.15) is 4.31 Å². The average Bonchev–Trinajstić information content (AvgIpc) is 2.62. The molecular formula is C19H23N3O3S. The highest BCUT2D eigenvalue weighted by molar-refractivity contribution is 7.89. The molecule has 2 N–H and O–H groups in total. The summed E-state index contributed by atoms with van der Waals surface area (Å²) in [7, 11) is -1.77. The average molecular weight is 373 g/mol. The second-order valence-corrected chi connectivity index (χ2v) is 8.54. The number of carbonyl (C=O) groups is 1. The number of nitrogens with two attached hydrogens (primary N) is 1. The molecule has 0 radical (unpaired) electrons. The van der Waals surface area contributed by atoms with Gasteiger partial charge in [0.25, 0.3) is 0 Å². The lowest BCUT2D eigenvalue weighted by Crippen LogP contribution is -2.49. The van der Waals surface area contributed by atoms with Crippen molar-refractivity contribution in [3.63, 3.8) is 0 Å². The molecule has 1 heterocycles. The van der Waals surface area contributed by atoms with Gasteiger partial charge in [-0.15, -0.1) is 0 Å². The second-order valence-electron chi connectivity index (χ2n) is 6.65. The summed E-state index contributed by atoms with van der Waals surface area (Å²) in [4.78, 5) is 13.8. The number of rotatable bonds is 4. The second kappa shape index (κ2) is 7.19. The lowest BCUT2D eigenvalue weighted by atomic mass is 10.1. The van der Waals surface area contributed by atoms with Crippen molar-refractivity contribution < 1.29 is 13.2 Å². The largest absolute Gasteiger partial charge is 0.366 e. The van der Waals surface area contributed by atoms with Crippen LogP contribution in [0.4, 0.5) is 0 Å². The highest BCUT2D eigenvalue weighted by atomic mass is 32.2. The molecule has 1 aliphatic rings. The van der Waals surface area contributed by atoms with Crippen LogP contribution < -0.4 is 5.73 Å². The number of benzene rings is 2. The first kappa shape index (κ1) is 18.6. The van der Waals surface area contributed by atoms with Gasteiger partial charge in [0.05, 0.1) is 10.9 Å². The number of carbonyl (C=O) groups excluding carboxylic acids is 1. The summed E-state index contributed by atoms with van der Waals surface area (Å²) in [5.74, 6) is -0.627. The monoisotopic (exact) mass is 373 g/mol. The number of likely N-dealkylation sites (N-methyl/N-ethyl adjacent to an activating group) is 1. The minimum atomic E-state index is -3.76. The van der Waals surface area contributed by atoms with Crippen molar-refractivity contribution in [1.82, 2.24) is 9.21 Å². The Balaban J connectivity index is 2.04. The summed E-state index contributed by atoms with van der Waals surface area (Å²) >= 11 is 0. The van der Waals surface area contributed by atoms with E-state index in [9.17, 15) is 13.2 Å². The van der Waals surface area contributed by atoms with E-state index in [2.05, 4.69) is 4.90 Å². The van der Waals surface area contributed by atoms with Gasteiger partial charge in [-0.05, 0) is 37.2 Å².